The standard InChI is InChI=1S/C11H12BrN3O2/c12-9-5-1-3-7(14-9)11(17)15-6-2-4-8(15)10(13)16/h1,3,5,8H,2,4,6H2,(H2,13,16). The van der Waals surface area contributed by atoms with Gasteiger partial charge in [0, 0.05) is 6.54 Å². The first-order chi connectivity index (χ1) is 8.09. The Morgan fingerprint density at radius 1 is 1.47 bits per heavy atom. The summed E-state index contributed by atoms with van der Waals surface area (Å²) >= 11 is 3.21. The Kier molecular flexibility index (Phi) is 3.42. The molecule has 1 aliphatic rings. The minimum absolute atomic E-state index is 0.243. The lowest BCUT2D eigenvalue weighted by Gasteiger charge is -2.21. The number of carbonyl (C=O) groups excluding carboxylic acids is 2. The largest absolute Gasteiger partial charge is 0.368 e. The maximum Gasteiger partial charge on any atom is 0.273 e. The van der Waals surface area contributed by atoms with Crippen molar-refractivity contribution in [3.05, 3.63) is 28.5 Å². The third kappa shape index (κ3) is 2.46. The number of carbonyl (C=O) groups is 2. The molecule has 0 bridgehead atoms. The van der Waals surface area contributed by atoms with E-state index in [9.17, 15) is 9.59 Å². The number of aromatic nitrogens is 1. The normalized spacial score (nSPS) is 19.4. The van der Waals surface area contributed by atoms with E-state index < -0.39 is 11.9 Å². The van der Waals surface area contributed by atoms with Crippen LogP contribution in [-0.2, 0) is 4.79 Å². The molecule has 17 heavy (non-hydrogen) atoms. The highest BCUT2D eigenvalue weighted by atomic mass is 79.9. The fraction of sp³-hybridized carbons (Fsp3) is 0.364. The second-order valence-electron chi connectivity index (χ2n) is 3.90. The molecule has 5 nitrogen and oxygen atoms in total. The molecule has 0 spiro atoms. The maximum absolute atomic E-state index is 12.1. The zero-order chi connectivity index (χ0) is 12.4. The van der Waals surface area contributed by atoms with Gasteiger partial charge in [-0.2, -0.15) is 0 Å². The lowest BCUT2D eigenvalue weighted by Crippen LogP contribution is -2.43. The number of amides is 2. The number of nitrogens with zero attached hydrogens (tertiary/aromatic N) is 2. The Hall–Kier alpha value is -1.43. The van der Waals surface area contributed by atoms with E-state index in [4.69, 9.17) is 5.73 Å². The lowest BCUT2D eigenvalue weighted by molar-refractivity contribution is -0.121. The molecule has 0 aliphatic carbocycles. The monoisotopic (exact) mass is 297 g/mol. The van der Waals surface area contributed by atoms with E-state index in [0.717, 1.165) is 6.42 Å². The number of likely N-dealkylation sites (tertiary alicyclic amines) is 1. The highest BCUT2D eigenvalue weighted by Gasteiger charge is 2.33. The van der Waals surface area contributed by atoms with Gasteiger partial charge in [0.1, 0.15) is 16.3 Å². The number of pyridine rings is 1. The molecular formula is C11H12BrN3O2. The topological polar surface area (TPSA) is 76.3 Å². The summed E-state index contributed by atoms with van der Waals surface area (Å²) in [6.07, 6.45) is 1.43. The van der Waals surface area contributed by atoms with E-state index in [1.54, 1.807) is 18.2 Å². The van der Waals surface area contributed by atoms with Gasteiger partial charge in [-0.05, 0) is 40.9 Å². The molecule has 2 heterocycles. The van der Waals surface area contributed by atoms with Crippen LogP contribution in [-0.4, -0.2) is 34.3 Å². The van der Waals surface area contributed by atoms with Crippen LogP contribution in [0.15, 0.2) is 22.8 Å². The number of halogens is 1. The van der Waals surface area contributed by atoms with Gasteiger partial charge in [0.05, 0.1) is 0 Å². The van der Waals surface area contributed by atoms with Crippen molar-refractivity contribution in [3.63, 3.8) is 0 Å². The molecule has 1 aromatic heterocycles. The number of primary amides is 1. The van der Waals surface area contributed by atoms with Gasteiger partial charge in [-0.3, -0.25) is 9.59 Å². The van der Waals surface area contributed by atoms with Crippen LogP contribution in [0.5, 0.6) is 0 Å². The van der Waals surface area contributed by atoms with Crippen LogP contribution in [0.4, 0.5) is 0 Å². The van der Waals surface area contributed by atoms with Crippen LogP contribution >= 0.6 is 15.9 Å². The van der Waals surface area contributed by atoms with Crippen molar-refractivity contribution in [2.24, 2.45) is 5.73 Å². The zero-order valence-corrected chi connectivity index (χ0v) is 10.7. The van der Waals surface area contributed by atoms with E-state index in [2.05, 4.69) is 20.9 Å². The van der Waals surface area contributed by atoms with E-state index in [1.807, 2.05) is 0 Å². The summed E-state index contributed by atoms with van der Waals surface area (Å²) in [5.41, 5.74) is 5.60. The summed E-state index contributed by atoms with van der Waals surface area (Å²) in [5, 5.41) is 0. The Morgan fingerprint density at radius 2 is 2.24 bits per heavy atom. The smallest absolute Gasteiger partial charge is 0.273 e. The van der Waals surface area contributed by atoms with Crippen molar-refractivity contribution < 1.29 is 9.59 Å². The van der Waals surface area contributed by atoms with Crippen LogP contribution in [0.1, 0.15) is 23.3 Å². The van der Waals surface area contributed by atoms with Gasteiger partial charge in [0.25, 0.3) is 5.91 Å². The Labute approximate surface area is 107 Å². The molecule has 0 saturated carbocycles. The first-order valence-corrected chi connectivity index (χ1v) is 6.12. The second-order valence-corrected chi connectivity index (χ2v) is 4.72. The van der Waals surface area contributed by atoms with E-state index in [0.29, 0.717) is 23.3 Å². The molecule has 1 aromatic rings. The third-order valence-electron chi connectivity index (χ3n) is 2.78. The fourth-order valence-electron chi connectivity index (χ4n) is 1.98. The summed E-state index contributed by atoms with van der Waals surface area (Å²) in [4.78, 5) is 28.9. The first-order valence-electron chi connectivity index (χ1n) is 5.32. The second kappa shape index (κ2) is 4.83. The lowest BCUT2D eigenvalue weighted by atomic mass is 10.2. The number of hydrogen-bond acceptors (Lipinski definition) is 3. The molecule has 90 valence electrons. The van der Waals surface area contributed by atoms with Gasteiger partial charge in [-0.25, -0.2) is 4.98 Å². The molecule has 0 aromatic carbocycles. The molecule has 1 aliphatic heterocycles. The van der Waals surface area contributed by atoms with Gasteiger partial charge >= 0.3 is 0 Å². The average Bonchev–Trinajstić information content (AvgIpc) is 2.77. The summed E-state index contributed by atoms with van der Waals surface area (Å²) < 4.78 is 0.596. The summed E-state index contributed by atoms with van der Waals surface area (Å²) in [5.74, 6) is -0.696. The molecular weight excluding hydrogens is 286 g/mol. The molecule has 1 saturated heterocycles. The van der Waals surface area contributed by atoms with Crippen LogP contribution < -0.4 is 5.73 Å². The molecule has 2 N–H and O–H groups in total. The molecule has 1 unspecified atom stereocenters. The third-order valence-corrected chi connectivity index (χ3v) is 3.22. The molecule has 2 rings (SSSR count). The van der Waals surface area contributed by atoms with Gasteiger partial charge in [0.2, 0.25) is 5.91 Å². The Bertz CT molecular complexity index is 464. The van der Waals surface area contributed by atoms with Gasteiger partial charge in [-0.1, -0.05) is 6.07 Å². The van der Waals surface area contributed by atoms with Gasteiger partial charge in [-0.15, -0.1) is 0 Å². The van der Waals surface area contributed by atoms with Crippen molar-refractivity contribution in [2.75, 3.05) is 6.54 Å². The average molecular weight is 298 g/mol. The Morgan fingerprint density at radius 3 is 2.88 bits per heavy atom. The highest BCUT2D eigenvalue weighted by molar-refractivity contribution is 9.10. The number of rotatable bonds is 2. The van der Waals surface area contributed by atoms with Crippen molar-refractivity contribution in [1.29, 1.82) is 0 Å². The Balaban J connectivity index is 2.23. The van der Waals surface area contributed by atoms with Crippen molar-refractivity contribution in [3.8, 4) is 0 Å². The maximum atomic E-state index is 12.1. The predicted octanol–water partition coefficient (Wildman–Crippen LogP) is 0.934. The zero-order valence-electron chi connectivity index (χ0n) is 9.10. The van der Waals surface area contributed by atoms with Crippen LogP contribution in [0, 0.1) is 0 Å². The van der Waals surface area contributed by atoms with Crippen molar-refractivity contribution in [1.82, 2.24) is 9.88 Å². The van der Waals surface area contributed by atoms with Crippen molar-refractivity contribution >= 4 is 27.7 Å². The predicted molar refractivity (Wildman–Crippen MR) is 65.2 cm³/mol. The van der Waals surface area contributed by atoms with Crippen molar-refractivity contribution in [2.45, 2.75) is 18.9 Å². The minimum Gasteiger partial charge on any atom is -0.368 e. The molecule has 0 radical (unpaired) electrons. The number of hydrogen-bond donors (Lipinski definition) is 1. The number of nitrogens with two attached hydrogens (primary N) is 1. The fourth-order valence-corrected chi connectivity index (χ4v) is 2.32. The first kappa shape index (κ1) is 12.0. The summed E-state index contributed by atoms with van der Waals surface area (Å²) in [7, 11) is 0. The highest BCUT2D eigenvalue weighted by Crippen LogP contribution is 2.19. The van der Waals surface area contributed by atoms with Gasteiger partial charge in [0.15, 0.2) is 0 Å². The van der Waals surface area contributed by atoms with E-state index >= 15 is 0 Å². The molecule has 1 fully saturated rings. The SMILES string of the molecule is NC(=O)C1CCCN1C(=O)c1cccc(Br)n1. The molecule has 6 heteroatoms. The van der Waals surface area contributed by atoms with Crippen LogP contribution in [0.25, 0.3) is 0 Å². The minimum atomic E-state index is -0.497. The quantitative estimate of drug-likeness (QED) is 0.825. The van der Waals surface area contributed by atoms with E-state index in [-0.39, 0.29) is 5.91 Å². The molecule has 2 amide bonds. The van der Waals surface area contributed by atoms with Crippen LogP contribution in [0.3, 0.4) is 0 Å². The van der Waals surface area contributed by atoms with Crippen LogP contribution in [0.2, 0.25) is 0 Å². The summed E-state index contributed by atoms with van der Waals surface area (Å²) in [6.45, 7) is 0.556. The summed E-state index contributed by atoms with van der Waals surface area (Å²) in [6, 6.07) is 4.61. The van der Waals surface area contributed by atoms with E-state index in [1.165, 1.54) is 4.90 Å². The van der Waals surface area contributed by atoms with Gasteiger partial charge < -0.3 is 10.6 Å². The molecule has 1 atom stereocenters.